The Morgan fingerprint density at radius 3 is 2.10 bits per heavy atom. The molecule has 0 aliphatic rings. The third kappa shape index (κ3) is 5.67. The van der Waals surface area contributed by atoms with Crippen molar-refractivity contribution < 1.29 is 14.3 Å². The number of amides is 1. The molecule has 0 aliphatic carbocycles. The first-order chi connectivity index (χ1) is 14.3. The van der Waals surface area contributed by atoms with E-state index in [0.717, 1.165) is 5.56 Å². The molecule has 3 aromatic rings. The molecule has 6 heteroatoms. The number of benzene rings is 2. The Kier molecular flexibility index (Phi) is 6.85. The average Bonchev–Trinajstić information content (AvgIpc) is 2.75. The molecule has 0 unspecified atom stereocenters. The average molecular weight is 423 g/mol. The molecule has 3 rings (SSSR count). The lowest BCUT2D eigenvalue weighted by Gasteiger charge is -2.25. The Morgan fingerprint density at radius 1 is 0.933 bits per heavy atom. The summed E-state index contributed by atoms with van der Waals surface area (Å²) in [6, 6.07) is 17.3. The van der Waals surface area contributed by atoms with Crippen molar-refractivity contribution in [1.82, 2.24) is 10.3 Å². The lowest BCUT2D eigenvalue weighted by molar-refractivity contribution is -0.134. The highest BCUT2D eigenvalue weighted by Crippen LogP contribution is 2.21. The SMILES string of the molecule is CC(C)(Oc1ccc(C(=O)c2ccc(Cl)cc2)cc1)C(=O)NCCc1ccncc1. The van der Waals surface area contributed by atoms with Crippen molar-refractivity contribution >= 4 is 23.3 Å². The predicted octanol–water partition coefficient (Wildman–Crippen LogP) is 4.48. The van der Waals surface area contributed by atoms with Crippen molar-refractivity contribution in [3.8, 4) is 5.75 Å². The van der Waals surface area contributed by atoms with E-state index in [0.29, 0.717) is 34.9 Å². The van der Waals surface area contributed by atoms with Crippen LogP contribution >= 0.6 is 11.6 Å². The number of carbonyl (C=O) groups excluding carboxylic acids is 2. The lowest BCUT2D eigenvalue weighted by Crippen LogP contribution is -2.47. The van der Waals surface area contributed by atoms with Crippen LogP contribution in [0.3, 0.4) is 0 Å². The minimum Gasteiger partial charge on any atom is -0.478 e. The molecule has 0 radical (unpaired) electrons. The molecule has 154 valence electrons. The molecule has 0 saturated carbocycles. The van der Waals surface area contributed by atoms with Gasteiger partial charge in [-0.05, 0) is 86.5 Å². The number of nitrogens with one attached hydrogen (secondary N) is 1. The summed E-state index contributed by atoms with van der Waals surface area (Å²) in [7, 11) is 0. The van der Waals surface area contributed by atoms with Gasteiger partial charge >= 0.3 is 0 Å². The summed E-state index contributed by atoms with van der Waals surface area (Å²) in [5.41, 5.74) is 1.14. The number of aromatic nitrogens is 1. The number of nitrogens with zero attached hydrogens (tertiary/aromatic N) is 1. The fourth-order valence-corrected chi connectivity index (χ4v) is 2.99. The predicted molar refractivity (Wildman–Crippen MR) is 117 cm³/mol. The van der Waals surface area contributed by atoms with Gasteiger partial charge in [-0.2, -0.15) is 0 Å². The fourth-order valence-electron chi connectivity index (χ4n) is 2.87. The molecule has 0 spiro atoms. The van der Waals surface area contributed by atoms with E-state index in [2.05, 4.69) is 10.3 Å². The molecule has 0 atom stereocenters. The van der Waals surface area contributed by atoms with E-state index in [1.165, 1.54) is 0 Å². The number of carbonyl (C=O) groups is 2. The molecule has 0 aliphatic heterocycles. The molecule has 1 heterocycles. The van der Waals surface area contributed by atoms with Crippen LogP contribution in [0.5, 0.6) is 5.75 Å². The number of ketones is 1. The standard InChI is InChI=1S/C24H23ClN2O3/c1-24(2,23(29)27-16-13-17-11-14-26-15-12-17)30-21-9-5-19(6-10-21)22(28)18-3-7-20(25)8-4-18/h3-12,14-15H,13,16H2,1-2H3,(H,27,29). The Hall–Kier alpha value is -3.18. The number of rotatable bonds is 8. The summed E-state index contributed by atoms with van der Waals surface area (Å²) >= 11 is 5.87. The minimum absolute atomic E-state index is 0.105. The van der Waals surface area contributed by atoms with Crippen molar-refractivity contribution in [3.63, 3.8) is 0 Å². The van der Waals surface area contributed by atoms with E-state index in [4.69, 9.17) is 16.3 Å². The van der Waals surface area contributed by atoms with Crippen LogP contribution < -0.4 is 10.1 Å². The molecular weight excluding hydrogens is 400 g/mol. The van der Waals surface area contributed by atoms with Crippen LogP contribution in [0.2, 0.25) is 5.02 Å². The van der Waals surface area contributed by atoms with Gasteiger partial charge in [-0.3, -0.25) is 14.6 Å². The van der Waals surface area contributed by atoms with Crippen molar-refractivity contribution in [2.75, 3.05) is 6.54 Å². The summed E-state index contributed by atoms with van der Waals surface area (Å²) in [5, 5.41) is 3.48. The number of pyridine rings is 1. The van der Waals surface area contributed by atoms with Gasteiger partial charge in [0, 0.05) is 35.1 Å². The first-order valence-electron chi connectivity index (χ1n) is 9.62. The maximum absolute atomic E-state index is 12.5. The van der Waals surface area contributed by atoms with Gasteiger partial charge in [0.2, 0.25) is 0 Å². The lowest BCUT2D eigenvalue weighted by atomic mass is 10.0. The van der Waals surface area contributed by atoms with Crippen LogP contribution in [-0.2, 0) is 11.2 Å². The van der Waals surface area contributed by atoms with Crippen molar-refractivity contribution in [2.45, 2.75) is 25.9 Å². The molecule has 30 heavy (non-hydrogen) atoms. The van der Waals surface area contributed by atoms with Gasteiger partial charge in [0.15, 0.2) is 11.4 Å². The Bertz CT molecular complexity index is 1000. The first kappa shape index (κ1) is 21.5. The Labute approximate surface area is 181 Å². The monoisotopic (exact) mass is 422 g/mol. The third-order valence-electron chi connectivity index (χ3n) is 4.59. The highest BCUT2D eigenvalue weighted by atomic mass is 35.5. The van der Waals surface area contributed by atoms with Gasteiger partial charge in [-0.15, -0.1) is 0 Å². The third-order valence-corrected chi connectivity index (χ3v) is 4.84. The van der Waals surface area contributed by atoms with Gasteiger partial charge in [0.1, 0.15) is 5.75 Å². The van der Waals surface area contributed by atoms with E-state index in [9.17, 15) is 9.59 Å². The summed E-state index contributed by atoms with van der Waals surface area (Å²) in [6.45, 7) is 3.92. The molecule has 1 N–H and O–H groups in total. The van der Waals surface area contributed by atoms with Gasteiger partial charge in [0.05, 0.1) is 0 Å². The minimum atomic E-state index is -1.06. The zero-order chi connectivity index (χ0) is 21.6. The zero-order valence-corrected chi connectivity index (χ0v) is 17.6. The molecule has 2 aromatic carbocycles. The zero-order valence-electron chi connectivity index (χ0n) is 16.9. The van der Waals surface area contributed by atoms with Crippen LogP contribution in [0.25, 0.3) is 0 Å². The smallest absolute Gasteiger partial charge is 0.263 e. The van der Waals surface area contributed by atoms with Gasteiger partial charge in [-0.1, -0.05) is 11.6 Å². The summed E-state index contributed by atoms with van der Waals surface area (Å²) in [4.78, 5) is 29.1. The van der Waals surface area contributed by atoms with Gasteiger partial charge in [-0.25, -0.2) is 0 Å². The summed E-state index contributed by atoms with van der Waals surface area (Å²) < 4.78 is 5.87. The topological polar surface area (TPSA) is 68.3 Å². The van der Waals surface area contributed by atoms with Crippen molar-refractivity contribution in [1.29, 1.82) is 0 Å². The molecule has 0 fully saturated rings. The number of hydrogen-bond donors (Lipinski definition) is 1. The summed E-state index contributed by atoms with van der Waals surface area (Å²) in [5.74, 6) is 0.196. The molecule has 5 nitrogen and oxygen atoms in total. The molecule has 0 bridgehead atoms. The number of ether oxygens (including phenoxy) is 1. The normalized spacial score (nSPS) is 11.0. The van der Waals surface area contributed by atoms with E-state index < -0.39 is 5.60 Å². The van der Waals surface area contributed by atoms with Crippen LogP contribution in [0.1, 0.15) is 35.3 Å². The van der Waals surface area contributed by atoms with Gasteiger partial charge < -0.3 is 10.1 Å². The van der Waals surface area contributed by atoms with E-state index >= 15 is 0 Å². The molecule has 0 saturated heterocycles. The Balaban J connectivity index is 1.57. The van der Waals surface area contributed by atoms with Crippen LogP contribution in [0, 0.1) is 0 Å². The maximum atomic E-state index is 12.5. The number of halogens is 1. The quantitative estimate of drug-likeness (QED) is 0.543. The fraction of sp³-hybridized carbons (Fsp3) is 0.208. The second-order valence-corrected chi connectivity index (χ2v) is 7.77. The largest absolute Gasteiger partial charge is 0.478 e. The van der Waals surface area contributed by atoms with Crippen molar-refractivity contribution in [2.24, 2.45) is 0 Å². The maximum Gasteiger partial charge on any atom is 0.263 e. The van der Waals surface area contributed by atoms with E-state index in [-0.39, 0.29) is 11.7 Å². The number of hydrogen-bond acceptors (Lipinski definition) is 4. The molecule has 1 amide bonds. The second kappa shape index (κ2) is 9.55. The molecular formula is C24H23ClN2O3. The molecule has 1 aromatic heterocycles. The van der Waals surface area contributed by atoms with Crippen LogP contribution in [0.15, 0.2) is 73.1 Å². The summed E-state index contributed by atoms with van der Waals surface area (Å²) in [6.07, 6.45) is 4.17. The highest BCUT2D eigenvalue weighted by molar-refractivity contribution is 6.30. The van der Waals surface area contributed by atoms with Crippen LogP contribution in [-0.4, -0.2) is 28.8 Å². The first-order valence-corrected chi connectivity index (χ1v) is 9.99. The van der Waals surface area contributed by atoms with E-state index in [1.54, 1.807) is 74.8 Å². The Morgan fingerprint density at radius 2 is 1.50 bits per heavy atom. The van der Waals surface area contributed by atoms with E-state index in [1.807, 2.05) is 12.1 Å². The second-order valence-electron chi connectivity index (χ2n) is 7.33. The van der Waals surface area contributed by atoms with Crippen LogP contribution in [0.4, 0.5) is 0 Å². The van der Waals surface area contributed by atoms with Crippen molar-refractivity contribution in [3.05, 3.63) is 94.8 Å². The van der Waals surface area contributed by atoms with Gasteiger partial charge in [0.25, 0.3) is 5.91 Å². The highest BCUT2D eigenvalue weighted by Gasteiger charge is 2.29.